The highest BCUT2D eigenvalue weighted by molar-refractivity contribution is 5.69. The topological polar surface area (TPSA) is 214 Å². The molecule has 0 aliphatic carbocycles. The summed E-state index contributed by atoms with van der Waals surface area (Å²) in [6, 6.07) is 0. The molecule has 14 heteroatoms. The van der Waals surface area contributed by atoms with Gasteiger partial charge in [0.05, 0.1) is 26.4 Å². The number of carbonyl (C=O) groups is 1. The van der Waals surface area contributed by atoms with Crippen LogP contribution in [-0.2, 0) is 33.2 Å². The van der Waals surface area contributed by atoms with Crippen LogP contribution in [0.4, 0.5) is 0 Å². The molecule has 0 aromatic heterocycles. The second-order valence-corrected chi connectivity index (χ2v) is 19.4. The average Bonchev–Trinajstić information content (AvgIpc) is 3.37. The standard InChI is InChI=1S/C57H100O14/c1-3-5-7-9-11-13-15-17-19-21-23-24-26-28-30-32-34-36-38-40-49(59)69-46(43-66-41-39-37-35-33-31-29-27-25-22-20-18-16-14-12-10-8-6-4-2)44-67-56-55(65)53(63)51(61)48(71-56)45-68-57-54(64)52(62)50(60)47(42-58)70-57/h6,8,12,14,18,20,25,27,31,33,46-48,50-58,60-65H,3-5,7,9-11,13,15-17,19,21-24,26,28-30,32,34-45H2,1-2H3/b8-6-,14-12-,20-18-,27-25-,33-31-. The molecule has 0 amide bonds. The van der Waals surface area contributed by atoms with E-state index < -0.39 is 80.7 Å². The Morgan fingerprint density at radius 1 is 0.479 bits per heavy atom. The number of unbranched alkanes of at least 4 members (excludes halogenated alkanes) is 20. The number of carbonyl (C=O) groups excluding carboxylic acids is 1. The molecule has 0 aromatic carbocycles. The minimum absolute atomic E-state index is 0.0320. The lowest BCUT2D eigenvalue weighted by molar-refractivity contribution is -0.332. The number of rotatable bonds is 44. The minimum atomic E-state index is -1.72. The van der Waals surface area contributed by atoms with Crippen LogP contribution in [0.15, 0.2) is 60.8 Å². The highest BCUT2D eigenvalue weighted by atomic mass is 16.7. The fourth-order valence-electron chi connectivity index (χ4n) is 8.55. The molecule has 2 aliphatic rings. The summed E-state index contributed by atoms with van der Waals surface area (Å²) in [6.07, 6.45) is 37.1. The van der Waals surface area contributed by atoms with Gasteiger partial charge < -0.3 is 64.2 Å². The first-order valence-corrected chi connectivity index (χ1v) is 27.9. The molecule has 0 spiro atoms. The molecule has 11 unspecified atom stereocenters. The molecule has 2 fully saturated rings. The second-order valence-electron chi connectivity index (χ2n) is 19.4. The van der Waals surface area contributed by atoms with Gasteiger partial charge in [0.15, 0.2) is 12.6 Å². The van der Waals surface area contributed by atoms with Gasteiger partial charge in [-0.05, 0) is 57.8 Å². The van der Waals surface area contributed by atoms with Gasteiger partial charge in [0.2, 0.25) is 0 Å². The molecule has 2 aliphatic heterocycles. The van der Waals surface area contributed by atoms with Gasteiger partial charge in [0, 0.05) is 13.0 Å². The van der Waals surface area contributed by atoms with E-state index in [-0.39, 0.29) is 25.6 Å². The fraction of sp³-hybridized carbons (Fsp3) is 0.807. The van der Waals surface area contributed by atoms with E-state index in [4.69, 9.17) is 28.4 Å². The van der Waals surface area contributed by atoms with E-state index in [9.17, 15) is 40.5 Å². The lowest BCUT2D eigenvalue weighted by atomic mass is 9.98. The molecule has 2 heterocycles. The molecule has 2 rings (SSSR count). The third kappa shape index (κ3) is 31.2. The molecule has 71 heavy (non-hydrogen) atoms. The first-order chi connectivity index (χ1) is 34.6. The Balaban J connectivity index is 1.76. The maximum atomic E-state index is 13.1. The van der Waals surface area contributed by atoms with Crippen molar-refractivity contribution < 1.29 is 69.0 Å². The van der Waals surface area contributed by atoms with Crippen molar-refractivity contribution in [3.63, 3.8) is 0 Å². The zero-order chi connectivity index (χ0) is 51.6. The molecule has 2 saturated heterocycles. The van der Waals surface area contributed by atoms with Crippen molar-refractivity contribution >= 4 is 5.97 Å². The Morgan fingerprint density at radius 3 is 1.41 bits per heavy atom. The van der Waals surface area contributed by atoms with Gasteiger partial charge in [-0.3, -0.25) is 4.79 Å². The largest absolute Gasteiger partial charge is 0.457 e. The number of ether oxygens (including phenoxy) is 6. The number of aliphatic hydroxyl groups excluding tert-OH is 7. The molecule has 7 N–H and O–H groups in total. The van der Waals surface area contributed by atoms with Crippen molar-refractivity contribution in [2.75, 3.05) is 33.0 Å². The smallest absolute Gasteiger partial charge is 0.306 e. The van der Waals surface area contributed by atoms with Crippen LogP contribution in [0.3, 0.4) is 0 Å². The van der Waals surface area contributed by atoms with E-state index in [2.05, 4.69) is 74.6 Å². The molecular weight excluding hydrogens is 909 g/mol. The van der Waals surface area contributed by atoms with Crippen LogP contribution in [0.2, 0.25) is 0 Å². The van der Waals surface area contributed by atoms with Gasteiger partial charge >= 0.3 is 5.97 Å². The van der Waals surface area contributed by atoms with E-state index >= 15 is 0 Å². The molecule has 0 bridgehead atoms. The number of allylic oxidation sites excluding steroid dienone is 10. The van der Waals surface area contributed by atoms with Crippen LogP contribution in [0.1, 0.15) is 194 Å². The SMILES string of the molecule is CC/C=C\C/C=C\C/C=C\C/C=C\C/C=C\CCCCOCC(COC1OC(COC2OC(CO)C(O)C(O)C2O)C(O)C(O)C1O)OC(=O)CCCCCCCCCCCCCCCCCCCCC. The quantitative estimate of drug-likeness (QED) is 0.0172. The van der Waals surface area contributed by atoms with Crippen molar-refractivity contribution in [1.29, 1.82) is 0 Å². The van der Waals surface area contributed by atoms with Crippen molar-refractivity contribution in [3.05, 3.63) is 60.8 Å². The van der Waals surface area contributed by atoms with E-state index in [0.717, 1.165) is 70.6 Å². The highest BCUT2D eigenvalue weighted by Gasteiger charge is 2.47. The van der Waals surface area contributed by atoms with E-state index in [1.165, 1.54) is 96.3 Å². The number of hydrogen-bond acceptors (Lipinski definition) is 14. The predicted molar refractivity (Wildman–Crippen MR) is 279 cm³/mol. The Kier molecular flexibility index (Phi) is 40.2. The normalized spacial score (nSPS) is 25.8. The molecule has 0 aromatic rings. The lowest BCUT2D eigenvalue weighted by Gasteiger charge is -2.42. The Morgan fingerprint density at radius 2 is 0.915 bits per heavy atom. The van der Waals surface area contributed by atoms with Crippen LogP contribution in [0, 0.1) is 0 Å². The molecular formula is C57H100O14. The first kappa shape index (κ1) is 64.8. The van der Waals surface area contributed by atoms with Gasteiger partial charge in [-0.2, -0.15) is 0 Å². The van der Waals surface area contributed by atoms with Gasteiger partial charge in [-0.25, -0.2) is 0 Å². The summed E-state index contributed by atoms with van der Waals surface area (Å²) >= 11 is 0. The van der Waals surface area contributed by atoms with Crippen LogP contribution in [-0.4, -0.2) is 142 Å². The number of hydrogen-bond donors (Lipinski definition) is 7. The molecule has 0 radical (unpaired) electrons. The van der Waals surface area contributed by atoms with E-state index in [1.54, 1.807) is 0 Å². The predicted octanol–water partition coefficient (Wildman–Crippen LogP) is 9.30. The maximum absolute atomic E-state index is 13.1. The van der Waals surface area contributed by atoms with Gasteiger partial charge in [0.25, 0.3) is 0 Å². The van der Waals surface area contributed by atoms with Crippen LogP contribution in [0.25, 0.3) is 0 Å². The molecule has 14 nitrogen and oxygen atoms in total. The summed E-state index contributed by atoms with van der Waals surface area (Å²) in [7, 11) is 0. The average molecular weight is 1010 g/mol. The van der Waals surface area contributed by atoms with Crippen molar-refractivity contribution in [2.24, 2.45) is 0 Å². The first-order valence-electron chi connectivity index (χ1n) is 27.9. The second kappa shape index (κ2) is 44.0. The summed E-state index contributed by atoms with van der Waals surface area (Å²) in [6.45, 7) is 3.48. The summed E-state index contributed by atoms with van der Waals surface area (Å²) in [4.78, 5) is 13.1. The Labute approximate surface area is 428 Å². The summed E-state index contributed by atoms with van der Waals surface area (Å²) in [5.41, 5.74) is 0. The summed E-state index contributed by atoms with van der Waals surface area (Å²) < 4.78 is 34.3. The third-order valence-electron chi connectivity index (χ3n) is 13.0. The summed E-state index contributed by atoms with van der Waals surface area (Å²) in [5.74, 6) is -0.390. The van der Waals surface area contributed by atoms with Crippen LogP contribution in [0.5, 0.6) is 0 Å². The van der Waals surface area contributed by atoms with E-state index in [0.29, 0.717) is 13.0 Å². The van der Waals surface area contributed by atoms with Crippen LogP contribution < -0.4 is 0 Å². The van der Waals surface area contributed by atoms with Gasteiger partial charge in [-0.1, -0.05) is 190 Å². The zero-order valence-corrected chi connectivity index (χ0v) is 43.9. The van der Waals surface area contributed by atoms with E-state index in [1.807, 2.05) is 0 Å². The van der Waals surface area contributed by atoms with Gasteiger partial charge in [0.1, 0.15) is 54.9 Å². The Bertz CT molecular complexity index is 1400. The third-order valence-corrected chi connectivity index (χ3v) is 13.0. The Hall–Kier alpha value is -2.31. The van der Waals surface area contributed by atoms with Crippen LogP contribution >= 0.6 is 0 Å². The zero-order valence-electron chi connectivity index (χ0n) is 43.9. The highest BCUT2D eigenvalue weighted by Crippen LogP contribution is 2.26. The fourth-order valence-corrected chi connectivity index (χ4v) is 8.55. The minimum Gasteiger partial charge on any atom is -0.457 e. The molecule has 11 atom stereocenters. The van der Waals surface area contributed by atoms with Crippen molar-refractivity contribution in [2.45, 2.75) is 261 Å². The molecule has 412 valence electrons. The number of esters is 1. The van der Waals surface area contributed by atoms with Crippen molar-refractivity contribution in [3.8, 4) is 0 Å². The monoisotopic (exact) mass is 1010 g/mol. The summed E-state index contributed by atoms with van der Waals surface area (Å²) in [5, 5.41) is 72.3. The van der Waals surface area contributed by atoms with Crippen molar-refractivity contribution in [1.82, 2.24) is 0 Å². The lowest BCUT2D eigenvalue weighted by Crippen LogP contribution is -2.61. The number of aliphatic hydroxyl groups is 7. The van der Waals surface area contributed by atoms with Gasteiger partial charge in [-0.15, -0.1) is 0 Å². The molecule has 0 saturated carbocycles. The maximum Gasteiger partial charge on any atom is 0.306 e.